The summed E-state index contributed by atoms with van der Waals surface area (Å²) in [5, 5.41) is 4.40. The van der Waals surface area contributed by atoms with Crippen LogP contribution in [0.2, 0.25) is 5.02 Å². The van der Waals surface area contributed by atoms with Crippen LogP contribution < -0.4 is 14.9 Å². The van der Waals surface area contributed by atoms with Crippen LogP contribution in [-0.2, 0) is 4.79 Å². The molecule has 170 valence electrons. The Labute approximate surface area is 198 Å². The second-order valence-electron chi connectivity index (χ2n) is 7.73. The summed E-state index contributed by atoms with van der Waals surface area (Å²) in [5.74, 6) is 0.572. The molecule has 0 bridgehead atoms. The first-order valence-corrected chi connectivity index (χ1v) is 10.8. The van der Waals surface area contributed by atoms with Gasteiger partial charge in [0.25, 0.3) is 5.91 Å². The van der Waals surface area contributed by atoms with Crippen LogP contribution in [0.15, 0.2) is 71.8 Å². The number of aryl methyl sites for hydroxylation is 1. The number of benzene rings is 3. The van der Waals surface area contributed by atoms with E-state index in [4.69, 9.17) is 21.1 Å². The van der Waals surface area contributed by atoms with Crippen LogP contribution >= 0.6 is 11.6 Å². The zero-order valence-electron chi connectivity index (χ0n) is 18.7. The van der Waals surface area contributed by atoms with Gasteiger partial charge in [-0.15, -0.1) is 0 Å². The minimum atomic E-state index is -0.500. The summed E-state index contributed by atoms with van der Waals surface area (Å²) in [4.78, 5) is 24.2. The van der Waals surface area contributed by atoms with Crippen LogP contribution in [-0.4, -0.2) is 24.7 Å². The number of ether oxygens (including phenoxy) is 2. The van der Waals surface area contributed by atoms with E-state index in [0.29, 0.717) is 28.0 Å². The van der Waals surface area contributed by atoms with Gasteiger partial charge in [-0.25, -0.2) is 10.2 Å². The Bertz CT molecular complexity index is 1160. The average Bonchev–Trinajstić information content (AvgIpc) is 2.79. The number of hydrogen-bond acceptors (Lipinski definition) is 5. The molecule has 3 aromatic carbocycles. The first-order valence-electron chi connectivity index (χ1n) is 10.4. The monoisotopic (exact) mass is 464 g/mol. The maximum atomic E-state index is 12.2. The zero-order valence-corrected chi connectivity index (χ0v) is 19.4. The van der Waals surface area contributed by atoms with E-state index in [1.54, 1.807) is 48.5 Å². The van der Waals surface area contributed by atoms with Crippen molar-refractivity contribution in [2.24, 2.45) is 5.10 Å². The van der Waals surface area contributed by atoms with E-state index in [1.807, 2.05) is 19.1 Å². The van der Waals surface area contributed by atoms with E-state index in [0.717, 1.165) is 16.7 Å². The molecular formula is C26H25ClN2O4. The summed E-state index contributed by atoms with van der Waals surface area (Å²) in [6.07, 6.45) is 1.49. The fraction of sp³-hybridized carbons (Fsp3) is 0.192. The minimum absolute atomic E-state index is 0.141. The minimum Gasteiger partial charge on any atom is -0.483 e. The molecule has 0 saturated carbocycles. The number of nitrogens with zero attached hydrogens (tertiary/aromatic N) is 1. The van der Waals surface area contributed by atoms with Crippen molar-refractivity contribution in [3.05, 3.63) is 94.0 Å². The lowest BCUT2D eigenvalue weighted by molar-refractivity contribution is -0.123. The molecule has 3 rings (SSSR count). The lowest BCUT2D eigenvalue weighted by Crippen LogP contribution is -2.24. The highest BCUT2D eigenvalue weighted by Crippen LogP contribution is 2.24. The summed E-state index contributed by atoms with van der Waals surface area (Å²) in [6.45, 7) is 6.00. The molecule has 0 saturated heterocycles. The van der Waals surface area contributed by atoms with Crippen LogP contribution in [0.3, 0.4) is 0 Å². The molecule has 0 aliphatic carbocycles. The van der Waals surface area contributed by atoms with Gasteiger partial charge in [0.2, 0.25) is 0 Å². The van der Waals surface area contributed by atoms with E-state index in [2.05, 4.69) is 30.4 Å². The Morgan fingerprint density at radius 1 is 1.06 bits per heavy atom. The summed E-state index contributed by atoms with van der Waals surface area (Å²) >= 11 is 5.90. The van der Waals surface area contributed by atoms with Crippen molar-refractivity contribution in [1.29, 1.82) is 0 Å². The topological polar surface area (TPSA) is 77.0 Å². The molecule has 0 unspecified atom stereocenters. The molecule has 0 heterocycles. The van der Waals surface area contributed by atoms with Crippen molar-refractivity contribution in [2.45, 2.75) is 26.7 Å². The third kappa shape index (κ3) is 7.19. The number of carbonyl (C=O) groups is 2. The number of nitrogens with one attached hydrogen (secondary N) is 1. The van der Waals surface area contributed by atoms with Gasteiger partial charge in [-0.05, 0) is 78.1 Å². The lowest BCUT2D eigenvalue weighted by atomic mass is 10.0. The molecule has 0 atom stereocenters. The highest BCUT2D eigenvalue weighted by Gasteiger charge is 2.09. The molecule has 1 amide bonds. The highest BCUT2D eigenvalue weighted by atomic mass is 35.5. The zero-order chi connectivity index (χ0) is 23.8. The Morgan fingerprint density at radius 2 is 1.82 bits per heavy atom. The van der Waals surface area contributed by atoms with E-state index >= 15 is 0 Å². The average molecular weight is 465 g/mol. The van der Waals surface area contributed by atoms with E-state index < -0.39 is 5.97 Å². The number of carbonyl (C=O) groups excluding carboxylic acids is 2. The van der Waals surface area contributed by atoms with Gasteiger partial charge in [-0.3, -0.25) is 4.79 Å². The predicted molar refractivity (Wildman–Crippen MR) is 129 cm³/mol. The smallest absolute Gasteiger partial charge is 0.343 e. The molecule has 0 fully saturated rings. The number of halogens is 1. The summed E-state index contributed by atoms with van der Waals surface area (Å²) in [6, 6.07) is 19.2. The first kappa shape index (κ1) is 24.0. The van der Waals surface area contributed by atoms with Crippen LogP contribution in [0.25, 0.3) is 0 Å². The van der Waals surface area contributed by atoms with Crippen molar-refractivity contribution >= 4 is 29.7 Å². The summed E-state index contributed by atoms with van der Waals surface area (Å²) < 4.78 is 11.0. The van der Waals surface area contributed by atoms with Crippen LogP contribution in [0.1, 0.15) is 46.8 Å². The lowest BCUT2D eigenvalue weighted by Gasteiger charge is -2.12. The molecule has 6 nitrogen and oxygen atoms in total. The fourth-order valence-electron chi connectivity index (χ4n) is 2.89. The van der Waals surface area contributed by atoms with Crippen molar-refractivity contribution in [2.75, 3.05) is 6.61 Å². The number of esters is 1. The van der Waals surface area contributed by atoms with Gasteiger partial charge in [0, 0.05) is 5.02 Å². The quantitative estimate of drug-likeness (QED) is 0.206. The van der Waals surface area contributed by atoms with Gasteiger partial charge in [-0.1, -0.05) is 43.6 Å². The third-order valence-electron chi connectivity index (χ3n) is 4.79. The van der Waals surface area contributed by atoms with Gasteiger partial charge >= 0.3 is 5.97 Å². The van der Waals surface area contributed by atoms with Gasteiger partial charge in [0.05, 0.1) is 11.8 Å². The van der Waals surface area contributed by atoms with Gasteiger partial charge in [-0.2, -0.15) is 5.10 Å². The van der Waals surface area contributed by atoms with Crippen molar-refractivity contribution in [3.8, 4) is 11.5 Å². The summed E-state index contributed by atoms with van der Waals surface area (Å²) in [5.41, 5.74) is 5.64. The highest BCUT2D eigenvalue weighted by molar-refractivity contribution is 6.30. The van der Waals surface area contributed by atoms with E-state index in [1.165, 1.54) is 6.21 Å². The molecule has 0 aliphatic rings. The summed E-state index contributed by atoms with van der Waals surface area (Å²) in [7, 11) is 0. The van der Waals surface area contributed by atoms with Gasteiger partial charge in [0.15, 0.2) is 6.61 Å². The molecule has 0 spiro atoms. The van der Waals surface area contributed by atoms with Crippen LogP contribution in [0, 0.1) is 6.92 Å². The Hall–Kier alpha value is -3.64. The van der Waals surface area contributed by atoms with Crippen molar-refractivity contribution in [3.63, 3.8) is 0 Å². The maximum Gasteiger partial charge on any atom is 0.343 e. The van der Waals surface area contributed by atoms with Crippen LogP contribution in [0.4, 0.5) is 0 Å². The first-order chi connectivity index (χ1) is 15.8. The second-order valence-corrected chi connectivity index (χ2v) is 8.17. The number of rotatable bonds is 8. The maximum absolute atomic E-state index is 12.2. The van der Waals surface area contributed by atoms with Crippen molar-refractivity contribution < 1.29 is 19.1 Å². The second kappa shape index (κ2) is 11.3. The Kier molecular flexibility index (Phi) is 8.22. The fourth-order valence-corrected chi connectivity index (χ4v) is 3.08. The molecule has 7 heteroatoms. The molecule has 0 radical (unpaired) electrons. The predicted octanol–water partition coefficient (Wildman–Crippen LogP) is 5.52. The largest absolute Gasteiger partial charge is 0.483 e. The standard InChI is InChI=1S/C26H25ClN2O4/c1-17(2)20-10-7-18(3)24(14-20)32-16-25(30)29-28-15-19-8-11-23(12-9-19)33-26(31)21-5-4-6-22(27)13-21/h4-15,17H,16H2,1-3H3,(H,29,30)/b28-15+. The molecule has 3 aromatic rings. The SMILES string of the molecule is Cc1ccc(C(C)C)cc1OCC(=O)N/N=C/c1ccc(OC(=O)c2cccc(Cl)c2)cc1. The van der Waals surface area contributed by atoms with E-state index in [-0.39, 0.29) is 12.5 Å². The molecule has 1 N–H and O–H groups in total. The van der Waals surface area contributed by atoms with E-state index in [9.17, 15) is 9.59 Å². The van der Waals surface area contributed by atoms with Gasteiger partial charge < -0.3 is 9.47 Å². The Balaban J connectivity index is 1.49. The number of amides is 1. The molecule has 33 heavy (non-hydrogen) atoms. The number of hydrazone groups is 1. The van der Waals surface area contributed by atoms with Crippen molar-refractivity contribution in [1.82, 2.24) is 5.43 Å². The molecule has 0 aromatic heterocycles. The number of hydrogen-bond donors (Lipinski definition) is 1. The molecule has 0 aliphatic heterocycles. The van der Waals surface area contributed by atoms with Gasteiger partial charge in [0.1, 0.15) is 11.5 Å². The van der Waals surface area contributed by atoms with Crippen LogP contribution in [0.5, 0.6) is 11.5 Å². The third-order valence-corrected chi connectivity index (χ3v) is 5.03. The molecular weight excluding hydrogens is 440 g/mol. The Morgan fingerprint density at radius 3 is 2.52 bits per heavy atom. The normalized spacial score (nSPS) is 10.9.